The lowest BCUT2D eigenvalue weighted by molar-refractivity contribution is 0.383. The van der Waals surface area contributed by atoms with E-state index in [-0.39, 0.29) is 11.2 Å². The molecule has 0 aromatic heterocycles. The van der Waals surface area contributed by atoms with E-state index in [0.717, 1.165) is 11.1 Å². The van der Waals surface area contributed by atoms with Crippen molar-refractivity contribution in [3.8, 4) is 0 Å². The molecule has 15 heavy (non-hydrogen) atoms. The normalized spacial score (nSPS) is 12.6. The van der Waals surface area contributed by atoms with Gasteiger partial charge in [-0.2, -0.15) is 0 Å². The van der Waals surface area contributed by atoms with Crippen LogP contribution in [0.2, 0.25) is 0 Å². The Bertz CT molecular complexity index is 366. The van der Waals surface area contributed by atoms with Crippen LogP contribution in [-0.4, -0.2) is 5.11 Å². The zero-order valence-electron chi connectivity index (χ0n) is 9.62. The SMILES string of the molecule is C=C(O)C(=Cc1ccccc1)C(C)(C)C. The molecule has 1 heteroatoms. The molecule has 0 spiro atoms. The Kier molecular flexibility index (Phi) is 3.35. The second-order valence-corrected chi connectivity index (χ2v) is 4.67. The molecule has 1 N–H and O–H groups in total. The van der Waals surface area contributed by atoms with Crippen molar-refractivity contribution < 1.29 is 5.11 Å². The monoisotopic (exact) mass is 202 g/mol. The molecule has 0 fully saturated rings. The Morgan fingerprint density at radius 3 is 2.13 bits per heavy atom. The quantitative estimate of drug-likeness (QED) is 0.563. The van der Waals surface area contributed by atoms with Gasteiger partial charge in [0.2, 0.25) is 0 Å². The minimum atomic E-state index is -0.0956. The summed E-state index contributed by atoms with van der Waals surface area (Å²) in [7, 11) is 0. The van der Waals surface area contributed by atoms with Gasteiger partial charge in [0.05, 0.1) is 0 Å². The van der Waals surface area contributed by atoms with Crippen LogP contribution in [0.25, 0.3) is 6.08 Å². The van der Waals surface area contributed by atoms with Gasteiger partial charge in [0.1, 0.15) is 5.76 Å². The van der Waals surface area contributed by atoms with Crippen LogP contribution in [0.15, 0.2) is 48.2 Å². The Labute approximate surface area is 91.8 Å². The first-order chi connectivity index (χ1) is 6.91. The first kappa shape index (κ1) is 11.6. The van der Waals surface area contributed by atoms with Crippen molar-refractivity contribution in [1.29, 1.82) is 0 Å². The van der Waals surface area contributed by atoms with Gasteiger partial charge < -0.3 is 5.11 Å². The Balaban J connectivity index is 3.12. The van der Waals surface area contributed by atoms with Gasteiger partial charge in [0.15, 0.2) is 0 Å². The van der Waals surface area contributed by atoms with Gasteiger partial charge in [0.25, 0.3) is 0 Å². The van der Waals surface area contributed by atoms with Crippen LogP contribution in [-0.2, 0) is 0 Å². The van der Waals surface area contributed by atoms with E-state index >= 15 is 0 Å². The Hall–Kier alpha value is -1.50. The largest absolute Gasteiger partial charge is 0.508 e. The molecule has 0 atom stereocenters. The van der Waals surface area contributed by atoms with E-state index in [0.29, 0.717) is 0 Å². The first-order valence-corrected chi connectivity index (χ1v) is 5.07. The predicted molar refractivity (Wildman–Crippen MR) is 65.6 cm³/mol. The van der Waals surface area contributed by atoms with Gasteiger partial charge in [-0.1, -0.05) is 57.7 Å². The van der Waals surface area contributed by atoms with Crippen LogP contribution in [0.4, 0.5) is 0 Å². The Morgan fingerprint density at radius 1 is 1.20 bits per heavy atom. The number of hydrogen-bond donors (Lipinski definition) is 1. The minimum Gasteiger partial charge on any atom is -0.508 e. The molecule has 0 aliphatic carbocycles. The third-order valence-electron chi connectivity index (χ3n) is 2.23. The average molecular weight is 202 g/mol. The number of hydrogen-bond acceptors (Lipinski definition) is 1. The van der Waals surface area contributed by atoms with Crippen molar-refractivity contribution in [2.45, 2.75) is 20.8 Å². The number of aliphatic hydroxyl groups is 1. The molecule has 0 amide bonds. The molecule has 0 aliphatic heterocycles. The van der Waals surface area contributed by atoms with E-state index in [4.69, 9.17) is 0 Å². The zero-order valence-corrected chi connectivity index (χ0v) is 9.62. The lowest BCUT2D eigenvalue weighted by atomic mass is 9.84. The van der Waals surface area contributed by atoms with Crippen LogP contribution in [0, 0.1) is 5.41 Å². The van der Waals surface area contributed by atoms with Crippen molar-refractivity contribution in [2.24, 2.45) is 5.41 Å². The first-order valence-electron chi connectivity index (χ1n) is 5.07. The molecule has 0 heterocycles. The topological polar surface area (TPSA) is 20.2 Å². The second kappa shape index (κ2) is 4.35. The molecule has 0 aliphatic rings. The van der Waals surface area contributed by atoms with Gasteiger partial charge >= 0.3 is 0 Å². The lowest BCUT2D eigenvalue weighted by Gasteiger charge is -2.22. The van der Waals surface area contributed by atoms with Gasteiger partial charge in [-0.25, -0.2) is 0 Å². The minimum absolute atomic E-state index is 0.0956. The maximum Gasteiger partial charge on any atom is 0.112 e. The van der Waals surface area contributed by atoms with Crippen LogP contribution in [0.1, 0.15) is 26.3 Å². The molecule has 1 nitrogen and oxygen atoms in total. The maximum atomic E-state index is 9.55. The summed E-state index contributed by atoms with van der Waals surface area (Å²) in [5, 5.41) is 9.55. The molecule has 80 valence electrons. The van der Waals surface area contributed by atoms with Gasteiger partial charge in [-0.15, -0.1) is 0 Å². The van der Waals surface area contributed by atoms with Crippen molar-refractivity contribution in [3.05, 3.63) is 53.8 Å². The predicted octanol–water partition coefficient (Wildman–Crippen LogP) is 4.19. The van der Waals surface area contributed by atoms with E-state index in [2.05, 4.69) is 27.4 Å². The fraction of sp³-hybridized carbons (Fsp3) is 0.286. The summed E-state index contributed by atoms with van der Waals surface area (Å²) < 4.78 is 0. The van der Waals surface area contributed by atoms with Gasteiger partial charge in [0, 0.05) is 0 Å². The molecule has 1 aromatic carbocycles. The standard InChI is InChI=1S/C14H18O/c1-11(15)13(14(2,3)4)10-12-8-6-5-7-9-12/h5-10,15H,1H2,2-4H3. The summed E-state index contributed by atoms with van der Waals surface area (Å²) >= 11 is 0. The van der Waals surface area contributed by atoms with Gasteiger partial charge in [-0.3, -0.25) is 0 Å². The number of benzene rings is 1. The van der Waals surface area contributed by atoms with E-state index in [9.17, 15) is 5.11 Å². The molecular formula is C14H18O. The van der Waals surface area contributed by atoms with Crippen LogP contribution in [0.3, 0.4) is 0 Å². The lowest BCUT2D eigenvalue weighted by Crippen LogP contribution is -2.10. The molecule has 0 unspecified atom stereocenters. The van der Waals surface area contributed by atoms with Crippen LogP contribution < -0.4 is 0 Å². The molecule has 0 radical (unpaired) electrons. The number of rotatable bonds is 2. The number of allylic oxidation sites excluding steroid dienone is 1. The van der Waals surface area contributed by atoms with E-state index in [1.165, 1.54) is 0 Å². The summed E-state index contributed by atoms with van der Waals surface area (Å²) in [5.74, 6) is 0.145. The number of aliphatic hydroxyl groups excluding tert-OH is 1. The third-order valence-corrected chi connectivity index (χ3v) is 2.23. The highest BCUT2D eigenvalue weighted by molar-refractivity contribution is 5.58. The third kappa shape index (κ3) is 3.28. The maximum absolute atomic E-state index is 9.55. The zero-order chi connectivity index (χ0) is 11.5. The van der Waals surface area contributed by atoms with Crippen molar-refractivity contribution in [1.82, 2.24) is 0 Å². The smallest absolute Gasteiger partial charge is 0.112 e. The fourth-order valence-electron chi connectivity index (χ4n) is 1.45. The molecule has 0 saturated carbocycles. The van der Waals surface area contributed by atoms with E-state index < -0.39 is 0 Å². The van der Waals surface area contributed by atoms with Crippen LogP contribution in [0.5, 0.6) is 0 Å². The highest BCUT2D eigenvalue weighted by atomic mass is 16.3. The van der Waals surface area contributed by atoms with Crippen LogP contribution >= 0.6 is 0 Å². The summed E-state index contributed by atoms with van der Waals surface area (Å²) in [6, 6.07) is 9.95. The fourth-order valence-corrected chi connectivity index (χ4v) is 1.45. The molecule has 1 rings (SSSR count). The highest BCUT2D eigenvalue weighted by Crippen LogP contribution is 2.30. The van der Waals surface area contributed by atoms with Crippen molar-refractivity contribution in [3.63, 3.8) is 0 Å². The summed E-state index contributed by atoms with van der Waals surface area (Å²) in [6.45, 7) is 9.78. The summed E-state index contributed by atoms with van der Waals surface area (Å²) in [4.78, 5) is 0. The van der Waals surface area contributed by atoms with Crippen molar-refractivity contribution in [2.75, 3.05) is 0 Å². The second-order valence-electron chi connectivity index (χ2n) is 4.67. The summed E-state index contributed by atoms with van der Waals surface area (Å²) in [5.41, 5.74) is 1.85. The summed E-state index contributed by atoms with van der Waals surface area (Å²) in [6.07, 6.45) is 1.97. The van der Waals surface area contributed by atoms with E-state index in [1.807, 2.05) is 36.4 Å². The molecule has 0 saturated heterocycles. The van der Waals surface area contributed by atoms with E-state index in [1.54, 1.807) is 0 Å². The highest BCUT2D eigenvalue weighted by Gasteiger charge is 2.19. The Morgan fingerprint density at radius 2 is 1.73 bits per heavy atom. The average Bonchev–Trinajstić information content (AvgIpc) is 2.13. The van der Waals surface area contributed by atoms with Gasteiger partial charge in [-0.05, 0) is 22.6 Å². The van der Waals surface area contributed by atoms with Crippen molar-refractivity contribution >= 4 is 6.08 Å². The molecular weight excluding hydrogens is 184 g/mol. The molecule has 1 aromatic rings. The molecule has 0 bridgehead atoms.